The summed E-state index contributed by atoms with van der Waals surface area (Å²) < 4.78 is 16.2. The smallest absolute Gasteiger partial charge is 0.410 e. The van der Waals surface area contributed by atoms with Gasteiger partial charge in [-0.1, -0.05) is 30.3 Å². The van der Waals surface area contributed by atoms with E-state index in [1.807, 2.05) is 53.4 Å². The average molecular weight is 502 g/mol. The normalized spacial score (nSPS) is 13.5. The molecule has 0 spiro atoms. The molecule has 4 aromatic rings. The molecule has 0 radical (unpaired) electrons. The first-order valence-electron chi connectivity index (χ1n) is 11.8. The van der Waals surface area contributed by atoms with Gasteiger partial charge in [-0.3, -0.25) is 0 Å². The molecule has 190 valence electrons. The molecule has 2 aromatic heterocycles. The van der Waals surface area contributed by atoms with E-state index in [1.165, 1.54) is 0 Å². The number of ether oxygens (including phenoxy) is 3. The molecule has 1 aliphatic heterocycles. The second-order valence-corrected chi connectivity index (χ2v) is 8.42. The molecule has 0 saturated carbocycles. The fourth-order valence-electron chi connectivity index (χ4n) is 4.18. The lowest BCUT2D eigenvalue weighted by atomic mass is 10.1. The van der Waals surface area contributed by atoms with Crippen molar-refractivity contribution in [2.75, 3.05) is 51.0 Å². The quantitative estimate of drug-likeness (QED) is 0.421. The van der Waals surface area contributed by atoms with Crippen molar-refractivity contribution < 1.29 is 19.0 Å². The van der Waals surface area contributed by atoms with Crippen molar-refractivity contribution >= 4 is 29.0 Å². The Balaban J connectivity index is 1.35. The number of piperazine rings is 1. The number of aromatic nitrogens is 4. The fourth-order valence-corrected chi connectivity index (χ4v) is 4.18. The predicted octanol–water partition coefficient (Wildman–Crippen LogP) is 3.15. The summed E-state index contributed by atoms with van der Waals surface area (Å²) in [5.74, 6) is 1.90. The number of methoxy groups -OCH3 is 2. The van der Waals surface area contributed by atoms with Crippen molar-refractivity contribution in [3.63, 3.8) is 0 Å². The zero-order valence-electron chi connectivity index (χ0n) is 20.6. The van der Waals surface area contributed by atoms with Crippen LogP contribution < -0.4 is 20.1 Å². The average Bonchev–Trinajstić information content (AvgIpc) is 2.95. The molecule has 2 N–H and O–H groups in total. The number of amides is 1. The lowest BCUT2D eigenvalue weighted by Crippen LogP contribution is -2.49. The van der Waals surface area contributed by atoms with Crippen molar-refractivity contribution in [3.05, 3.63) is 60.3 Å². The Morgan fingerprint density at radius 2 is 1.70 bits per heavy atom. The summed E-state index contributed by atoms with van der Waals surface area (Å²) >= 11 is 0. The van der Waals surface area contributed by atoms with E-state index in [0.717, 1.165) is 11.1 Å². The van der Waals surface area contributed by atoms with Gasteiger partial charge in [0, 0.05) is 31.7 Å². The van der Waals surface area contributed by atoms with E-state index in [2.05, 4.69) is 15.0 Å². The van der Waals surface area contributed by atoms with Gasteiger partial charge in [0.25, 0.3) is 0 Å². The Morgan fingerprint density at radius 3 is 2.43 bits per heavy atom. The second kappa shape index (κ2) is 10.5. The van der Waals surface area contributed by atoms with Gasteiger partial charge in [-0.25, -0.2) is 14.8 Å². The number of nitrogen functional groups attached to an aromatic ring is 1. The number of hydrogen-bond acceptors (Lipinski definition) is 10. The molecule has 3 heterocycles. The molecule has 1 amide bonds. The van der Waals surface area contributed by atoms with Gasteiger partial charge >= 0.3 is 6.09 Å². The standard InChI is InChI=1S/C26H27N7O4/c1-35-20-9-8-18(14-21(20)36-2)19-15-28-23-22(29-19)24(31-25(27)30-23)32-10-12-33(13-11-32)26(34)37-16-17-6-4-3-5-7-17/h3-9,14-15H,10-13,16H2,1-2H3,(H2,27,28,30,31). The van der Waals surface area contributed by atoms with Crippen LogP contribution in [0.25, 0.3) is 22.4 Å². The maximum absolute atomic E-state index is 12.6. The number of rotatable bonds is 6. The van der Waals surface area contributed by atoms with Crippen LogP contribution in [-0.2, 0) is 11.3 Å². The van der Waals surface area contributed by atoms with E-state index in [9.17, 15) is 4.79 Å². The highest BCUT2D eigenvalue weighted by atomic mass is 16.6. The van der Waals surface area contributed by atoms with Crippen LogP contribution in [0.2, 0.25) is 0 Å². The van der Waals surface area contributed by atoms with Gasteiger partial charge in [0.15, 0.2) is 28.5 Å². The minimum Gasteiger partial charge on any atom is -0.493 e. The Labute approximate surface area is 213 Å². The summed E-state index contributed by atoms with van der Waals surface area (Å²) in [6.45, 7) is 2.26. The van der Waals surface area contributed by atoms with E-state index in [1.54, 1.807) is 25.3 Å². The molecule has 0 atom stereocenters. The molecule has 0 bridgehead atoms. The zero-order chi connectivity index (χ0) is 25.8. The van der Waals surface area contributed by atoms with Crippen molar-refractivity contribution in [1.29, 1.82) is 0 Å². The van der Waals surface area contributed by atoms with E-state index < -0.39 is 0 Å². The van der Waals surface area contributed by atoms with Crippen molar-refractivity contribution in [2.24, 2.45) is 0 Å². The van der Waals surface area contributed by atoms with Gasteiger partial charge in [0.05, 0.1) is 26.1 Å². The summed E-state index contributed by atoms with van der Waals surface area (Å²) in [5, 5.41) is 0. The third-order valence-corrected chi connectivity index (χ3v) is 6.13. The van der Waals surface area contributed by atoms with E-state index >= 15 is 0 Å². The van der Waals surface area contributed by atoms with Gasteiger partial charge < -0.3 is 29.7 Å². The number of benzene rings is 2. The largest absolute Gasteiger partial charge is 0.493 e. The number of carbonyl (C=O) groups excluding carboxylic acids is 1. The molecule has 5 rings (SSSR count). The first-order valence-corrected chi connectivity index (χ1v) is 11.8. The van der Waals surface area contributed by atoms with Crippen molar-refractivity contribution in [3.8, 4) is 22.8 Å². The summed E-state index contributed by atoms with van der Waals surface area (Å²) in [4.78, 5) is 34.4. The van der Waals surface area contributed by atoms with Crippen LogP contribution in [0.5, 0.6) is 11.5 Å². The number of anilines is 2. The number of nitrogens with zero attached hydrogens (tertiary/aromatic N) is 6. The summed E-state index contributed by atoms with van der Waals surface area (Å²) in [7, 11) is 3.17. The van der Waals surface area contributed by atoms with Gasteiger partial charge in [-0.05, 0) is 23.8 Å². The Kier molecular flexibility index (Phi) is 6.84. The lowest BCUT2D eigenvalue weighted by molar-refractivity contribution is 0.0941. The summed E-state index contributed by atoms with van der Waals surface area (Å²) in [6.07, 6.45) is 1.30. The molecular weight excluding hydrogens is 474 g/mol. The van der Waals surface area contributed by atoms with Crippen LogP contribution in [-0.4, -0.2) is 71.3 Å². The van der Waals surface area contributed by atoms with E-state index in [4.69, 9.17) is 24.9 Å². The lowest BCUT2D eigenvalue weighted by Gasteiger charge is -2.34. The Hall–Kier alpha value is -4.67. The Bertz CT molecular complexity index is 1410. The monoisotopic (exact) mass is 501 g/mol. The number of nitrogens with two attached hydrogens (primary N) is 1. The third-order valence-electron chi connectivity index (χ3n) is 6.13. The van der Waals surface area contributed by atoms with Gasteiger partial charge in [-0.15, -0.1) is 0 Å². The van der Waals surface area contributed by atoms with Crippen LogP contribution >= 0.6 is 0 Å². The molecule has 2 aromatic carbocycles. The maximum atomic E-state index is 12.6. The molecule has 37 heavy (non-hydrogen) atoms. The minimum absolute atomic E-state index is 0.111. The number of hydrogen-bond donors (Lipinski definition) is 1. The van der Waals surface area contributed by atoms with Gasteiger partial charge in [-0.2, -0.15) is 9.97 Å². The highest BCUT2D eigenvalue weighted by Crippen LogP contribution is 2.32. The van der Waals surface area contributed by atoms with Crippen LogP contribution in [0.4, 0.5) is 16.6 Å². The molecule has 1 fully saturated rings. The topological polar surface area (TPSA) is 129 Å². The minimum atomic E-state index is -0.342. The van der Waals surface area contributed by atoms with Crippen molar-refractivity contribution in [2.45, 2.75) is 6.61 Å². The summed E-state index contributed by atoms with van der Waals surface area (Å²) in [6, 6.07) is 15.1. The van der Waals surface area contributed by atoms with Gasteiger partial charge in [0.1, 0.15) is 6.61 Å². The highest BCUT2D eigenvalue weighted by Gasteiger charge is 2.25. The van der Waals surface area contributed by atoms with E-state index in [-0.39, 0.29) is 18.6 Å². The SMILES string of the molecule is COc1ccc(-c2cnc3nc(N)nc(N4CCN(C(=O)OCc5ccccc5)CC4)c3n2)cc1OC. The van der Waals surface area contributed by atoms with Crippen LogP contribution in [0.15, 0.2) is 54.7 Å². The van der Waals surface area contributed by atoms with Crippen LogP contribution in [0.3, 0.4) is 0 Å². The molecule has 0 unspecified atom stereocenters. The number of carbonyl (C=O) groups is 1. The zero-order valence-corrected chi connectivity index (χ0v) is 20.6. The summed E-state index contributed by atoms with van der Waals surface area (Å²) in [5.41, 5.74) is 9.30. The van der Waals surface area contributed by atoms with Crippen LogP contribution in [0.1, 0.15) is 5.56 Å². The molecular formula is C26H27N7O4. The first kappa shape index (κ1) is 24.0. The third kappa shape index (κ3) is 5.15. The highest BCUT2D eigenvalue weighted by molar-refractivity contribution is 5.86. The molecule has 1 saturated heterocycles. The fraction of sp³-hybridized carbons (Fsp3) is 0.269. The molecule has 0 aliphatic carbocycles. The number of fused-ring (bicyclic) bond motifs is 1. The van der Waals surface area contributed by atoms with Gasteiger partial charge in [0.2, 0.25) is 5.95 Å². The molecule has 1 aliphatic rings. The first-order chi connectivity index (χ1) is 18.1. The molecule has 11 heteroatoms. The van der Waals surface area contributed by atoms with Crippen LogP contribution in [0, 0.1) is 0 Å². The molecule has 11 nitrogen and oxygen atoms in total. The van der Waals surface area contributed by atoms with E-state index in [0.29, 0.717) is 60.4 Å². The predicted molar refractivity (Wildman–Crippen MR) is 138 cm³/mol. The second-order valence-electron chi connectivity index (χ2n) is 8.42. The van der Waals surface area contributed by atoms with Crippen molar-refractivity contribution in [1.82, 2.24) is 24.8 Å². The maximum Gasteiger partial charge on any atom is 0.410 e. The Morgan fingerprint density at radius 1 is 0.946 bits per heavy atom.